The van der Waals surface area contributed by atoms with E-state index in [1.807, 2.05) is 30.3 Å². The standard InChI is InChI=1S/C16H22O3S/c1-10-11(2)16(20-3)18-13-9-17-15(19-14(10)13)12-7-5-4-6-8-12/h4-8,10-11,13-16H,9H2,1-3H3/t10-,11?,13?,14+,15?,16+/m1/s1. The van der Waals surface area contributed by atoms with E-state index in [-0.39, 0.29) is 23.9 Å². The number of rotatable bonds is 2. The van der Waals surface area contributed by atoms with Crippen molar-refractivity contribution in [3.05, 3.63) is 35.9 Å². The van der Waals surface area contributed by atoms with Gasteiger partial charge in [0.05, 0.1) is 12.7 Å². The Balaban J connectivity index is 1.74. The highest BCUT2D eigenvalue weighted by atomic mass is 32.2. The van der Waals surface area contributed by atoms with Gasteiger partial charge in [0.15, 0.2) is 6.29 Å². The molecule has 1 aromatic carbocycles. The maximum Gasteiger partial charge on any atom is 0.184 e. The highest BCUT2D eigenvalue weighted by molar-refractivity contribution is 7.99. The zero-order valence-corrected chi connectivity index (χ0v) is 13.0. The van der Waals surface area contributed by atoms with Crippen molar-refractivity contribution >= 4 is 11.8 Å². The van der Waals surface area contributed by atoms with Crippen LogP contribution in [0.25, 0.3) is 0 Å². The zero-order valence-electron chi connectivity index (χ0n) is 12.2. The molecule has 0 amide bonds. The van der Waals surface area contributed by atoms with E-state index in [4.69, 9.17) is 14.2 Å². The predicted octanol–water partition coefficient (Wildman–Crippen LogP) is 3.46. The smallest absolute Gasteiger partial charge is 0.184 e. The molecule has 0 radical (unpaired) electrons. The van der Waals surface area contributed by atoms with Crippen LogP contribution in [-0.2, 0) is 14.2 Å². The van der Waals surface area contributed by atoms with Crippen LogP contribution in [0, 0.1) is 11.8 Å². The molecule has 0 bridgehead atoms. The molecule has 3 unspecified atom stereocenters. The van der Waals surface area contributed by atoms with Crippen molar-refractivity contribution in [3.8, 4) is 0 Å². The monoisotopic (exact) mass is 294 g/mol. The minimum Gasteiger partial charge on any atom is -0.359 e. The topological polar surface area (TPSA) is 27.7 Å². The van der Waals surface area contributed by atoms with E-state index in [0.717, 1.165) is 5.56 Å². The lowest BCUT2D eigenvalue weighted by atomic mass is 9.85. The summed E-state index contributed by atoms with van der Waals surface area (Å²) in [6.45, 7) is 5.12. The van der Waals surface area contributed by atoms with Crippen LogP contribution in [0.1, 0.15) is 25.7 Å². The third kappa shape index (κ3) is 2.62. The molecule has 0 aliphatic carbocycles. The van der Waals surface area contributed by atoms with Gasteiger partial charge in [-0.15, -0.1) is 11.8 Å². The Bertz CT molecular complexity index is 437. The average molecular weight is 294 g/mol. The van der Waals surface area contributed by atoms with Gasteiger partial charge in [0, 0.05) is 5.56 Å². The Labute approximate surface area is 125 Å². The van der Waals surface area contributed by atoms with Crippen molar-refractivity contribution in [3.63, 3.8) is 0 Å². The van der Waals surface area contributed by atoms with Crippen LogP contribution in [0.4, 0.5) is 0 Å². The first-order valence-corrected chi connectivity index (χ1v) is 8.49. The molecule has 6 atom stereocenters. The van der Waals surface area contributed by atoms with E-state index in [0.29, 0.717) is 18.4 Å². The van der Waals surface area contributed by atoms with Crippen LogP contribution in [0.2, 0.25) is 0 Å². The van der Waals surface area contributed by atoms with Crippen LogP contribution in [-0.4, -0.2) is 30.5 Å². The van der Waals surface area contributed by atoms with Crippen LogP contribution in [0.5, 0.6) is 0 Å². The van der Waals surface area contributed by atoms with Crippen LogP contribution in [0.3, 0.4) is 0 Å². The first-order chi connectivity index (χ1) is 9.70. The first-order valence-electron chi connectivity index (χ1n) is 7.21. The van der Waals surface area contributed by atoms with Crippen molar-refractivity contribution in [2.45, 2.75) is 37.8 Å². The van der Waals surface area contributed by atoms with E-state index in [2.05, 4.69) is 20.1 Å². The molecule has 0 saturated carbocycles. The SMILES string of the molecule is CS[C@@H]1OC2COC(c3ccccc3)O[C@H]2[C@H](C)C1C. The van der Waals surface area contributed by atoms with E-state index in [1.54, 1.807) is 11.8 Å². The molecule has 0 N–H and O–H groups in total. The van der Waals surface area contributed by atoms with Gasteiger partial charge in [-0.2, -0.15) is 0 Å². The van der Waals surface area contributed by atoms with Crippen molar-refractivity contribution in [2.75, 3.05) is 12.9 Å². The largest absolute Gasteiger partial charge is 0.359 e. The van der Waals surface area contributed by atoms with Gasteiger partial charge in [-0.1, -0.05) is 44.2 Å². The zero-order chi connectivity index (χ0) is 14.1. The number of hydrogen-bond acceptors (Lipinski definition) is 4. The lowest BCUT2D eigenvalue weighted by Crippen LogP contribution is -2.54. The highest BCUT2D eigenvalue weighted by Gasteiger charge is 2.45. The average Bonchev–Trinajstić information content (AvgIpc) is 2.51. The molecule has 20 heavy (non-hydrogen) atoms. The summed E-state index contributed by atoms with van der Waals surface area (Å²) >= 11 is 1.78. The summed E-state index contributed by atoms with van der Waals surface area (Å²) in [6, 6.07) is 10.1. The van der Waals surface area contributed by atoms with Gasteiger partial charge in [0.25, 0.3) is 0 Å². The van der Waals surface area contributed by atoms with E-state index < -0.39 is 0 Å². The number of benzene rings is 1. The third-order valence-electron chi connectivity index (χ3n) is 4.45. The second kappa shape index (κ2) is 6.06. The number of ether oxygens (including phenoxy) is 3. The summed E-state index contributed by atoms with van der Waals surface area (Å²) in [5.41, 5.74) is 1.32. The lowest BCUT2D eigenvalue weighted by Gasteiger charge is -2.47. The summed E-state index contributed by atoms with van der Waals surface area (Å²) < 4.78 is 18.2. The molecule has 4 heteroatoms. The fraction of sp³-hybridized carbons (Fsp3) is 0.625. The van der Waals surface area contributed by atoms with Gasteiger partial charge in [-0.25, -0.2) is 0 Å². The van der Waals surface area contributed by atoms with Crippen LogP contribution < -0.4 is 0 Å². The molecular formula is C16H22O3S. The fourth-order valence-electron chi connectivity index (χ4n) is 3.02. The molecule has 2 aliphatic heterocycles. The van der Waals surface area contributed by atoms with Crippen molar-refractivity contribution in [1.82, 2.24) is 0 Å². The van der Waals surface area contributed by atoms with Gasteiger partial charge in [0.1, 0.15) is 11.5 Å². The Morgan fingerprint density at radius 2 is 1.80 bits per heavy atom. The van der Waals surface area contributed by atoms with E-state index in [9.17, 15) is 0 Å². The second-order valence-electron chi connectivity index (χ2n) is 5.67. The van der Waals surface area contributed by atoms with Crippen LogP contribution >= 0.6 is 11.8 Å². The first kappa shape index (κ1) is 14.4. The van der Waals surface area contributed by atoms with Crippen molar-refractivity contribution in [1.29, 1.82) is 0 Å². The minimum absolute atomic E-state index is 0.0543. The summed E-state index contributed by atoms with van der Waals surface area (Å²) in [4.78, 5) is 0. The molecule has 110 valence electrons. The number of fused-ring (bicyclic) bond motifs is 1. The number of hydrogen-bond donors (Lipinski definition) is 0. The second-order valence-corrected chi connectivity index (χ2v) is 6.61. The molecule has 1 aromatic rings. The van der Waals surface area contributed by atoms with Gasteiger partial charge in [0.2, 0.25) is 0 Å². The molecule has 3 nitrogen and oxygen atoms in total. The molecule has 2 heterocycles. The molecular weight excluding hydrogens is 272 g/mol. The Hall–Kier alpha value is -0.550. The summed E-state index contributed by atoms with van der Waals surface area (Å²) in [7, 11) is 0. The Morgan fingerprint density at radius 3 is 2.50 bits per heavy atom. The summed E-state index contributed by atoms with van der Waals surface area (Å²) in [5.74, 6) is 0.960. The van der Waals surface area contributed by atoms with E-state index >= 15 is 0 Å². The molecule has 2 fully saturated rings. The fourth-order valence-corrected chi connectivity index (χ4v) is 3.96. The maximum atomic E-state index is 6.20. The lowest BCUT2D eigenvalue weighted by molar-refractivity contribution is -0.300. The van der Waals surface area contributed by atoms with Gasteiger partial charge >= 0.3 is 0 Å². The molecule has 0 spiro atoms. The predicted molar refractivity (Wildman–Crippen MR) is 80.5 cm³/mol. The molecule has 2 saturated heterocycles. The third-order valence-corrected chi connectivity index (χ3v) is 5.45. The molecule has 3 rings (SSSR count). The van der Waals surface area contributed by atoms with E-state index in [1.165, 1.54) is 0 Å². The molecule has 0 aromatic heterocycles. The van der Waals surface area contributed by atoms with Gasteiger partial charge in [-0.05, 0) is 18.1 Å². The number of thioether (sulfide) groups is 1. The molecule has 2 aliphatic rings. The normalized spacial score (nSPS) is 41.1. The maximum absolute atomic E-state index is 6.20. The summed E-state index contributed by atoms with van der Waals surface area (Å²) in [6.07, 6.45) is 2.01. The summed E-state index contributed by atoms with van der Waals surface area (Å²) in [5, 5.41) is 0. The van der Waals surface area contributed by atoms with Crippen molar-refractivity contribution in [2.24, 2.45) is 11.8 Å². The van der Waals surface area contributed by atoms with Gasteiger partial charge < -0.3 is 14.2 Å². The minimum atomic E-state index is -0.262. The Kier molecular flexibility index (Phi) is 4.36. The van der Waals surface area contributed by atoms with Crippen molar-refractivity contribution < 1.29 is 14.2 Å². The quantitative estimate of drug-likeness (QED) is 0.835. The van der Waals surface area contributed by atoms with Gasteiger partial charge in [-0.3, -0.25) is 0 Å². The highest BCUT2D eigenvalue weighted by Crippen LogP contribution is 2.41. The Morgan fingerprint density at radius 1 is 1.05 bits per heavy atom. The van der Waals surface area contributed by atoms with Crippen LogP contribution in [0.15, 0.2) is 30.3 Å².